The molecule has 2 rings (SSSR count). The van der Waals surface area contributed by atoms with Crippen LogP contribution in [0.3, 0.4) is 0 Å². The Balaban J connectivity index is 0. The number of piperazine rings is 1. The zero-order chi connectivity index (χ0) is 15.8. The van der Waals surface area contributed by atoms with Crippen molar-refractivity contribution in [3.05, 3.63) is 29.8 Å². The molecule has 1 aliphatic rings. The first-order valence-corrected chi connectivity index (χ1v) is 8.19. The van der Waals surface area contributed by atoms with E-state index in [0.29, 0.717) is 13.0 Å². The lowest BCUT2D eigenvalue weighted by Gasteiger charge is -2.34. The third-order valence-electron chi connectivity index (χ3n) is 4.16. The molecule has 5 nitrogen and oxygen atoms in total. The zero-order valence-corrected chi connectivity index (χ0v) is 17.4. The Kier molecular flexibility index (Phi) is 15.6. The highest BCUT2D eigenvalue weighted by Gasteiger charge is 2.15. The molecular formula is C17H31Cl3N4O. The predicted molar refractivity (Wildman–Crippen MR) is 113 cm³/mol. The molecule has 0 saturated carbocycles. The van der Waals surface area contributed by atoms with Gasteiger partial charge in [-0.3, -0.25) is 9.69 Å². The van der Waals surface area contributed by atoms with E-state index in [4.69, 9.17) is 0 Å². The molecule has 0 bridgehead atoms. The number of halogens is 3. The lowest BCUT2D eigenvalue weighted by atomic mass is 10.1. The molecule has 1 fully saturated rings. The van der Waals surface area contributed by atoms with Crippen LogP contribution < -0.4 is 10.6 Å². The summed E-state index contributed by atoms with van der Waals surface area (Å²) in [6.45, 7) is 9.66. The van der Waals surface area contributed by atoms with Gasteiger partial charge >= 0.3 is 0 Å². The van der Waals surface area contributed by atoms with Crippen molar-refractivity contribution in [1.82, 2.24) is 15.1 Å². The van der Waals surface area contributed by atoms with Gasteiger partial charge in [-0.25, -0.2) is 0 Å². The molecule has 146 valence electrons. The van der Waals surface area contributed by atoms with E-state index in [1.54, 1.807) is 0 Å². The second kappa shape index (κ2) is 14.6. The molecule has 1 aliphatic heterocycles. The molecule has 25 heavy (non-hydrogen) atoms. The second-order valence-electron chi connectivity index (χ2n) is 5.81. The summed E-state index contributed by atoms with van der Waals surface area (Å²) in [5, 5.41) is 5.90. The van der Waals surface area contributed by atoms with Crippen LogP contribution in [0.15, 0.2) is 24.3 Å². The largest absolute Gasteiger partial charge is 0.326 e. The van der Waals surface area contributed by atoms with E-state index in [-0.39, 0.29) is 43.1 Å². The summed E-state index contributed by atoms with van der Waals surface area (Å²) >= 11 is 0. The Hall–Kier alpha value is -0.560. The van der Waals surface area contributed by atoms with Crippen molar-refractivity contribution in [2.75, 3.05) is 51.6 Å². The Morgan fingerprint density at radius 2 is 1.56 bits per heavy atom. The van der Waals surface area contributed by atoms with Crippen molar-refractivity contribution >= 4 is 48.8 Å². The smallest absolute Gasteiger partial charge is 0.225 e. The molecule has 0 unspecified atom stereocenters. The lowest BCUT2D eigenvalue weighted by Crippen LogP contribution is -2.45. The van der Waals surface area contributed by atoms with E-state index in [0.717, 1.165) is 45.0 Å². The van der Waals surface area contributed by atoms with E-state index in [1.807, 2.05) is 19.2 Å². The molecule has 1 aromatic carbocycles. The maximum absolute atomic E-state index is 11.7. The molecule has 0 aliphatic carbocycles. The Labute approximate surface area is 170 Å². The third-order valence-corrected chi connectivity index (χ3v) is 4.16. The number of nitrogens with one attached hydrogen (secondary N) is 2. The van der Waals surface area contributed by atoms with Gasteiger partial charge in [-0.15, -0.1) is 37.2 Å². The van der Waals surface area contributed by atoms with E-state index in [1.165, 1.54) is 5.56 Å². The molecule has 0 spiro atoms. The highest BCUT2D eigenvalue weighted by molar-refractivity contribution is 5.90. The maximum Gasteiger partial charge on any atom is 0.225 e. The highest BCUT2D eigenvalue weighted by Crippen LogP contribution is 2.13. The molecule has 0 atom stereocenters. The summed E-state index contributed by atoms with van der Waals surface area (Å²) in [7, 11) is 1.85. The van der Waals surface area contributed by atoms with Gasteiger partial charge in [-0.05, 0) is 31.3 Å². The van der Waals surface area contributed by atoms with E-state index >= 15 is 0 Å². The fraction of sp³-hybridized carbons (Fsp3) is 0.588. The number of carbonyl (C=O) groups is 1. The topological polar surface area (TPSA) is 47.6 Å². The number of rotatable bonds is 7. The minimum absolute atomic E-state index is 0. The van der Waals surface area contributed by atoms with Crippen LogP contribution in [-0.4, -0.2) is 62.0 Å². The fourth-order valence-electron chi connectivity index (χ4n) is 2.68. The number of hydrogen-bond acceptors (Lipinski definition) is 4. The number of carbonyl (C=O) groups excluding carboxylic acids is 1. The number of benzene rings is 1. The molecular weight excluding hydrogens is 383 g/mol. The molecule has 2 N–H and O–H groups in total. The molecule has 1 aromatic rings. The standard InChI is InChI=1S/C17H28N4O.3ClH/c1-3-20-10-12-21(13-11-20)14-15-4-6-16(7-5-15)19-17(22)8-9-18-2;;;/h4-7,18H,3,8-14H2,1-2H3,(H,19,22);3*1H. The van der Waals surface area contributed by atoms with Crippen LogP contribution in [-0.2, 0) is 11.3 Å². The van der Waals surface area contributed by atoms with Gasteiger partial charge < -0.3 is 15.5 Å². The average Bonchev–Trinajstić information content (AvgIpc) is 2.55. The molecule has 1 heterocycles. The molecule has 0 radical (unpaired) electrons. The van der Waals surface area contributed by atoms with E-state index in [2.05, 4.69) is 39.5 Å². The summed E-state index contributed by atoms with van der Waals surface area (Å²) in [6.07, 6.45) is 0.500. The third kappa shape index (κ3) is 9.64. The Morgan fingerprint density at radius 3 is 2.08 bits per heavy atom. The summed E-state index contributed by atoms with van der Waals surface area (Å²) < 4.78 is 0. The van der Waals surface area contributed by atoms with Crippen molar-refractivity contribution < 1.29 is 4.79 Å². The maximum atomic E-state index is 11.7. The molecule has 1 amide bonds. The number of amides is 1. The molecule has 8 heteroatoms. The van der Waals surface area contributed by atoms with Crippen molar-refractivity contribution in [1.29, 1.82) is 0 Å². The normalized spacial score (nSPS) is 14.6. The number of anilines is 1. The van der Waals surface area contributed by atoms with Crippen molar-refractivity contribution in [3.63, 3.8) is 0 Å². The average molecular weight is 414 g/mol. The summed E-state index contributed by atoms with van der Waals surface area (Å²) in [5.41, 5.74) is 2.18. The summed E-state index contributed by atoms with van der Waals surface area (Å²) in [6, 6.07) is 8.21. The Morgan fingerprint density at radius 1 is 1.00 bits per heavy atom. The minimum atomic E-state index is 0. The van der Waals surface area contributed by atoms with Gasteiger partial charge in [0, 0.05) is 51.4 Å². The van der Waals surface area contributed by atoms with Crippen LogP contribution in [0.5, 0.6) is 0 Å². The number of likely N-dealkylation sites (N-methyl/N-ethyl adjacent to an activating group) is 1. The monoisotopic (exact) mass is 412 g/mol. The van der Waals surface area contributed by atoms with Gasteiger partial charge in [-0.2, -0.15) is 0 Å². The first-order chi connectivity index (χ1) is 10.7. The minimum Gasteiger partial charge on any atom is -0.326 e. The van der Waals surface area contributed by atoms with Gasteiger partial charge in [-0.1, -0.05) is 19.1 Å². The van der Waals surface area contributed by atoms with Crippen molar-refractivity contribution in [3.8, 4) is 0 Å². The summed E-state index contributed by atoms with van der Waals surface area (Å²) in [5.74, 6) is 0.0535. The quantitative estimate of drug-likeness (QED) is 0.721. The second-order valence-corrected chi connectivity index (χ2v) is 5.81. The van der Waals surface area contributed by atoms with E-state index < -0.39 is 0 Å². The first-order valence-electron chi connectivity index (χ1n) is 8.19. The number of hydrogen-bond donors (Lipinski definition) is 2. The van der Waals surface area contributed by atoms with Gasteiger partial charge in [0.25, 0.3) is 0 Å². The van der Waals surface area contributed by atoms with Crippen LogP contribution in [0.1, 0.15) is 18.9 Å². The van der Waals surface area contributed by atoms with Crippen molar-refractivity contribution in [2.45, 2.75) is 19.9 Å². The van der Waals surface area contributed by atoms with Crippen LogP contribution in [0.25, 0.3) is 0 Å². The van der Waals surface area contributed by atoms with Gasteiger partial charge in [0.1, 0.15) is 0 Å². The van der Waals surface area contributed by atoms with Crippen LogP contribution >= 0.6 is 37.2 Å². The van der Waals surface area contributed by atoms with E-state index in [9.17, 15) is 4.79 Å². The SMILES string of the molecule is CCN1CCN(Cc2ccc(NC(=O)CCNC)cc2)CC1.Cl.Cl.Cl. The van der Waals surface area contributed by atoms with Crippen molar-refractivity contribution in [2.24, 2.45) is 0 Å². The van der Waals surface area contributed by atoms with Gasteiger partial charge in [0.2, 0.25) is 5.91 Å². The lowest BCUT2D eigenvalue weighted by molar-refractivity contribution is -0.116. The van der Waals surface area contributed by atoms with Gasteiger partial charge in [0.05, 0.1) is 0 Å². The first kappa shape index (κ1) is 26.7. The zero-order valence-electron chi connectivity index (χ0n) is 15.0. The molecule has 0 aromatic heterocycles. The Bertz CT molecular complexity index is 465. The van der Waals surface area contributed by atoms with Crippen LogP contribution in [0.2, 0.25) is 0 Å². The highest BCUT2D eigenvalue weighted by atomic mass is 35.5. The van der Waals surface area contributed by atoms with Crippen LogP contribution in [0.4, 0.5) is 5.69 Å². The fourth-order valence-corrected chi connectivity index (χ4v) is 2.68. The summed E-state index contributed by atoms with van der Waals surface area (Å²) in [4.78, 5) is 16.6. The number of nitrogens with zero attached hydrogens (tertiary/aromatic N) is 2. The van der Waals surface area contributed by atoms with Crippen LogP contribution in [0, 0.1) is 0 Å². The van der Waals surface area contributed by atoms with Gasteiger partial charge in [0.15, 0.2) is 0 Å². The predicted octanol–water partition coefficient (Wildman–Crippen LogP) is 2.64. The molecule has 1 saturated heterocycles.